The van der Waals surface area contributed by atoms with Crippen molar-refractivity contribution in [2.75, 3.05) is 27.3 Å². The van der Waals surface area contributed by atoms with Gasteiger partial charge in [0.2, 0.25) is 5.91 Å². The Bertz CT molecular complexity index is 439. The highest BCUT2D eigenvalue weighted by molar-refractivity contribution is 5.78. The lowest BCUT2D eigenvalue weighted by Gasteiger charge is -2.20. The zero-order valence-electron chi connectivity index (χ0n) is 12.0. The van der Waals surface area contributed by atoms with E-state index in [1.54, 1.807) is 19.2 Å². The fraction of sp³-hybridized carbons (Fsp3) is 0.500. The Morgan fingerprint density at radius 3 is 2.48 bits per heavy atom. The number of amides is 1. The first kappa shape index (κ1) is 17.3. The average Bonchev–Trinajstić information content (AvgIpc) is 2.40. The van der Waals surface area contributed by atoms with Gasteiger partial charge in [0.05, 0.1) is 19.1 Å². The number of rotatable bonds is 8. The number of hydrogen-bond acceptors (Lipinski definition) is 4. The maximum Gasteiger partial charge on any atom is 0.387 e. The third-order valence-electron chi connectivity index (χ3n) is 2.77. The van der Waals surface area contributed by atoms with E-state index >= 15 is 0 Å². The first-order chi connectivity index (χ1) is 9.92. The van der Waals surface area contributed by atoms with Gasteiger partial charge in [-0.3, -0.25) is 4.79 Å². The summed E-state index contributed by atoms with van der Waals surface area (Å²) in [6.07, 6.45) is -0.628. The fourth-order valence-corrected chi connectivity index (χ4v) is 1.76. The van der Waals surface area contributed by atoms with Crippen LogP contribution in [0.25, 0.3) is 0 Å². The van der Waals surface area contributed by atoms with Crippen molar-refractivity contribution in [3.8, 4) is 5.75 Å². The third-order valence-corrected chi connectivity index (χ3v) is 2.77. The molecule has 1 atom stereocenters. The van der Waals surface area contributed by atoms with Gasteiger partial charge in [-0.05, 0) is 17.7 Å². The van der Waals surface area contributed by atoms with Crippen LogP contribution in [-0.4, -0.2) is 55.9 Å². The molecule has 118 valence electrons. The van der Waals surface area contributed by atoms with Crippen LogP contribution >= 0.6 is 0 Å². The van der Waals surface area contributed by atoms with Crippen molar-refractivity contribution in [1.82, 2.24) is 4.90 Å². The summed E-state index contributed by atoms with van der Waals surface area (Å²) in [6.45, 7) is -2.55. The number of aliphatic hydroxyl groups excluding tert-OH is 1. The molecule has 0 radical (unpaired) electrons. The second-order valence-electron chi connectivity index (χ2n) is 4.58. The van der Waals surface area contributed by atoms with E-state index in [1.807, 2.05) is 0 Å². The van der Waals surface area contributed by atoms with Gasteiger partial charge in [0.15, 0.2) is 0 Å². The highest BCUT2D eigenvalue weighted by atomic mass is 19.3. The van der Waals surface area contributed by atoms with Crippen LogP contribution in [0.15, 0.2) is 24.3 Å². The van der Waals surface area contributed by atoms with Gasteiger partial charge in [0.25, 0.3) is 0 Å². The van der Waals surface area contributed by atoms with Crippen molar-refractivity contribution in [3.05, 3.63) is 29.8 Å². The van der Waals surface area contributed by atoms with Crippen molar-refractivity contribution in [2.45, 2.75) is 19.1 Å². The number of likely N-dealkylation sites (N-methyl/N-ethyl adjacent to an activating group) is 1. The van der Waals surface area contributed by atoms with E-state index in [0.717, 1.165) is 0 Å². The van der Waals surface area contributed by atoms with E-state index in [-0.39, 0.29) is 31.2 Å². The van der Waals surface area contributed by atoms with Crippen LogP contribution in [0.4, 0.5) is 8.78 Å². The second-order valence-corrected chi connectivity index (χ2v) is 4.58. The van der Waals surface area contributed by atoms with Gasteiger partial charge in [-0.25, -0.2) is 0 Å². The molecule has 0 fully saturated rings. The van der Waals surface area contributed by atoms with Crippen molar-refractivity contribution in [3.63, 3.8) is 0 Å². The van der Waals surface area contributed by atoms with Crippen LogP contribution in [0.3, 0.4) is 0 Å². The van der Waals surface area contributed by atoms with Gasteiger partial charge in [-0.2, -0.15) is 8.78 Å². The molecule has 0 saturated heterocycles. The Labute approximate surface area is 122 Å². The Hall–Kier alpha value is -1.73. The zero-order chi connectivity index (χ0) is 15.8. The molecule has 0 bridgehead atoms. The maximum absolute atomic E-state index is 12.0. The van der Waals surface area contributed by atoms with Crippen molar-refractivity contribution in [2.24, 2.45) is 0 Å². The smallest absolute Gasteiger partial charge is 0.387 e. The number of ether oxygens (including phenoxy) is 2. The van der Waals surface area contributed by atoms with Crippen molar-refractivity contribution in [1.29, 1.82) is 0 Å². The van der Waals surface area contributed by atoms with Crippen LogP contribution in [-0.2, 0) is 16.0 Å². The Balaban J connectivity index is 2.50. The number of nitrogens with zero attached hydrogens (tertiary/aromatic N) is 1. The molecule has 1 aromatic carbocycles. The van der Waals surface area contributed by atoms with Gasteiger partial charge in [0.1, 0.15) is 5.75 Å². The van der Waals surface area contributed by atoms with Crippen molar-refractivity contribution >= 4 is 5.91 Å². The number of benzene rings is 1. The fourth-order valence-electron chi connectivity index (χ4n) is 1.76. The molecular formula is C14H19F2NO4. The van der Waals surface area contributed by atoms with Gasteiger partial charge >= 0.3 is 6.61 Å². The van der Waals surface area contributed by atoms with Crippen molar-refractivity contribution < 1.29 is 28.2 Å². The molecule has 1 amide bonds. The SMILES string of the molecule is COCC(O)CN(C)C(=O)Cc1ccc(OC(F)F)cc1. The molecule has 0 aliphatic rings. The van der Waals surface area contributed by atoms with Crippen LogP contribution < -0.4 is 4.74 Å². The minimum Gasteiger partial charge on any atom is -0.435 e. The predicted molar refractivity (Wildman–Crippen MR) is 72.3 cm³/mol. The molecule has 5 nitrogen and oxygen atoms in total. The summed E-state index contributed by atoms with van der Waals surface area (Å²) >= 11 is 0. The second kappa shape index (κ2) is 8.53. The van der Waals surface area contributed by atoms with Crippen LogP contribution in [0.1, 0.15) is 5.56 Å². The largest absolute Gasteiger partial charge is 0.435 e. The molecule has 1 rings (SSSR count). The number of halogens is 2. The topological polar surface area (TPSA) is 59.0 Å². The van der Waals surface area contributed by atoms with Crippen LogP contribution in [0, 0.1) is 0 Å². The Morgan fingerprint density at radius 1 is 1.33 bits per heavy atom. The van der Waals surface area contributed by atoms with Gasteiger partial charge in [0, 0.05) is 20.7 Å². The van der Waals surface area contributed by atoms with Crippen LogP contribution in [0.2, 0.25) is 0 Å². The van der Waals surface area contributed by atoms with E-state index in [4.69, 9.17) is 4.74 Å². The maximum atomic E-state index is 12.0. The first-order valence-corrected chi connectivity index (χ1v) is 6.37. The number of methoxy groups -OCH3 is 1. The molecular weight excluding hydrogens is 284 g/mol. The molecule has 1 aromatic rings. The van der Waals surface area contributed by atoms with Gasteiger partial charge in [-0.15, -0.1) is 0 Å². The highest BCUT2D eigenvalue weighted by Crippen LogP contribution is 2.15. The van der Waals surface area contributed by atoms with Gasteiger partial charge < -0.3 is 19.5 Å². The number of carbonyl (C=O) groups excluding carboxylic acids is 1. The summed E-state index contributed by atoms with van der Waals surface area (Å²) in [4.78, 5) is 13.3. The summed E-state index contributed by atoms with van der Waals surface area (Å²) in [6, 6.07) is 5.87. The molecule has 0 heterocycles. The number of carbonyl (C=O) groups is 1. The molecule has 0 aliphatic carbocycles. The molecule has 1 unspecified atom stereocenters. The predicted octanol–water partition coefficient (Wildman–Crippen LogP) is 1.30. The van der Waals surface area contributed by atoms with E-state index in [1.165, 1.54) is 24.1 Å². The van der Waals surface area contributed by atoms with Gasteiger partial charge in [-0.1, -0.05) is 12.1 Å². The monoisotopic (exact) mass is 303 g/mol. The normalized spacial score (nSPS) is 12.3. The number of alkyl halides is 2. The lowest BCUT2D eigenvalue weighted by atomic mass is 10.1. The first-order valence-electron chi connectivity index (χ1n) is 6.37. The van der Waals surface area contributed by atoms with E-state index in [0.29, 0.717) is 5.56 Å². The molecule has 0 saturated carbocycles. The molecule has 7 heteroatoms. The lowest BCUT2D eigenvalue weighted by molar-refractivity contribution is -0.130. The Morgan fingerprint density at radius 2 is 1.95 bits per heavy atom. The van der Waals surface area contributed by atoms with Crippen LogP contribution in [0.5, 0.6) is 5.75 Å². The Kier molecular flexibility index (Phi) is 7.04. The molecule has 0 aromatic heterocycles. The number of hydrogen-bond donors (Lipinski definition) is 1. The molecule has 1 N–H and O–H groups in total. The molecule has 21 heavy (non-hydrogen) atoms. The van der Waals surface area contributed by atoms with E-state index in [2.05, 4.69) is 4.74 Å². The molecule has 0 aliphatic heterocycles. The summed E-state index contributed by atoms with van der Waals surface area (Å²) < 4.78 is 33.0. The zero-order valence-corrected chi connectivity index (χ0v) is 12.0. The minimum absolute atomic E-state index is 0.0464. The third kappa shape index (κ3) is 6.50. The minimum atomic E-state index is -2.87. The average molecular weight is 303 g/mol. The van der Waals surface area contributed by atoms with E-state index < -0.39 is 12.7 Å². The van der Waals surface area contributed by atoms with E-state index in [9.17, 15) is 18.7 Å². The summed E-state index contributed by atoms with van der Waals surface area (Å²) in [5.41, 5.74) is 0.676. The summed E-state index contributed by atoms with van der Waals surface area (Å²) in [5.74, 6) is -0.141. The number of aliphatic hydroxyl groups is 1. The molecule has 0 spiro atoms. The quantitative estimate of drug-likeness (QED) is 0.786. The summed E-state index contributed by atoms with van der Waals surface area (Å²) in [7, 11) is 3.05. The highest BCUT2D eigenvalue weighted by Gasteiger charge is 2.14. The summed E-state index contributed by atoms with van der Waals surface area (Å²) in [5, 5.41) is 9.55. The standard InChI is InChI=1S/C14H19F2NO4/c1-17(8-11(18)9-20-2)13(19)7-10-3-5-12(6-4-10)21-14(15)16/h3-6,11,14,18H,7-9H2,1-2H3. The lowest BCUT2D eigenvalue weighted by Crippen LogP contribution is -2.37.